The van der Waals surface area contributed by atoms with Gasteiger partial charge in [-0.3, -0.25) is 0 Å². The van der Waals surface area contributed by atoms with Crippen LogP contribution in [0.3, 0.4) is 0 Å². The molecule has 0 unspecified atom stereocenters. The second kappa shape index (κ2) is 7.44. The molecular weight excluding hydrogens is 324 g/mol. The van der Waals surface area contributed by atoms with E-state index < -0.39 is 6.61 Å². The molecule has 0 radical (unpaired) electrons. The van der Waals surface area contributed by atoms with E-state index in [2.05, 4.69) is 26.9 Å². The lowest BCUT2D eigenvalue weighted by Crippen LogP contribution is -2.28. The number of ether oxygens (including phenoxy) is 1. The van der Waals surface area contributed by atoms with Crippen molar-refractivity contribution >= 4 is 0 Å². The number of benzene rings is 1. The minimum atomic E-state index is -2.79. The van der Waals surface area contributed by atoms with E-state index in [1.165, 1.54) is 0 Å². The fraction of sp³-hybridized carbons (Fsp3) is 0.474. The van der Waals surface area contributed by atoms with Crippen LogP contribution in [0.25, 0.3) is 0 Å². The summed E-state index contributed by atoms with van der Waals surface area (Å²) in [6.07, 6.45) is 4.78. The zero-order chi connectivity index (χ0) is 18.0. The summed E-state index contributed by atoms with van der Waals surface area (Å²) in [5.41, 5.74) is 4.29. The van der Waals surface area contributed by atoms with Crippen molar-refractivity contribution < 1.29 is 13.5 Å². The minimum Gasteiger partial charge on any atom is -0.435 e. The van der Waals surface area contributed by atoms with Crippen LogP contribution >= 0.6 is 0 Å². The number of fused-ring (bicyclic) bond motifs is 1. The van der Waals surface area contributed by atoms with Crippen molar-refractivity contribution in [1.82, 2.24) is 15.3 Å². The highest BCUT2D eigenvalue weighted by molar-refractivity contribution is 5.39. The number of alkyl halides is 2. The van der Waals surface area contributed by atoms with Crippen LogP contribution in [0.5, 0.6) is 5.75 Å². The molecule has 1 aliphatic carbocycles. The van der Waals surface area contributed by atoms with Gasteiger partial charge >= 0.3 is 6.61 Å². The van der Waals surface area contributed by atoms with E-state index in [1.807, 2.05) is 26.1 Å². The first-order chi connectivity index (χ1) is 11.9. The average molecular weight is 347 g/mol. The molecule has 1 aromatic carbocycles. The Morgan fingerprint density at radius 2 is 2.08 bits per heavy atom. The minimum absolute atomic E-state index is 0.105. The van der Waals surface area contributed by atoms with Crippen LogP contribution in [0.1, 0.15) is 60.1 Å². The number of nitrogens with one attached hydrogen (secondary N) is 1. The highest BCUT2D eigenvalue weighted by atomic mass is 19.3. The summed E-state index contributed by atoms with van der Waals surface area (Å²) < 4.78 is 29.3. The summed E-state index contributed by atoms with van der Waals surface area (Å²) in [6, 6.07) is 5.54. The van der Waals surface area contributed by atoms with Gasteiger partial charge in [-0.25, -0.2) is 9.97 Å². The summed E-state index contributed by atoms with van der Waals surface area (Å²) in [4.78, 5) is 8.73. The van der Waals surface area contributed by atoms with Crippen LogP contribution < -0.4 is 10.1 Å². The molecule has 0 amide bonds. The lowest BCUT2D eigenvalue weighted by atomic mass is 9.87. The number of hydrogen-bond acceptors (Lipinski definition) is 4. The summed E-state index contributed by atoms with van der Waals surface area (Å²) in [7, 11) is 0. The first-order valence-electron chi connectivity index (χ1n) is 8.58. The Kier molecular flexibility index (Phi) is 5.27. The third-order valence-corrected chi connectivity index (χ3v) is 4.71. The van der Waals surface area contributed by atoms with Gasteiger partial charge in [0.2, 0.25) is 0 Å². The van der Waals surface area contributed by atoms with Gasteiger partial charge < -0.3 is 10.1 Å². The third-order valence-electron chi connectivity index (χ3n) is 4.71. The van der Waals surface area contributed by atoms with Crippen LogP contribution in [0.15, 0.2) is 24.4 Å². The number of aromatic nitrogens is 2. The van der Waals surface area contributed by atoms with Crippen molar-refractivity contribution in [2.24, 2.45) is 0 Å². The van der Waals surface area contributed by atoms with Crippen molar-refractivity contribution in [1.29, 1.82) is 0 Å². The van der Waals surface area contributed by atoms with Gasteiger partial charge in [0, 0.05) is 29.5 Å². The van der Waals surface area contributed by atoms with E-state index in [1.54, 1.807) is 12.1 Å². The summed E-state index contributed by atoms with van der Waals surface area (Å²) in [5, 5.41) is 3.64. The van der Waals surface area contributed by atoms with Crippen LogP contribution in [0, 0.1) is 13.8 Å². The fourth-order valence-corrected chi connectivity index (χ4v) is 3.55. The smallest absolute Gasteiger partial charge is 0.387 e. The van der Waals surface area contributed by atoms with E-state index in [0.29, 0.717) is 0 Å². The Morgan fingerprint density at radius 3 is 2.80 bits per heavy atom. The predicted octanol–water partition coefficient (Wildman–Crippen LogP) is 4.42. The monoisotopic (exact) mass is 347 g/mol. The molecule has 25 heavy (non-hydrogen) atoms. The number of aryl methyl sites for hydroxylation is 3. The molecule has 0 aliphatic heterocycles. The Morgan fingerprint density at radius 1 is 1.28 bits per heavy atom. The van der Waals surface area contributed by atoms with Crippen LogP contribution in [0.2, 0.25) is 0 Å². The van der Waals surface area contributed by atoms with Crippen molar-refractivity contribution in [3.63, 3.8) is 0 Å². The molecular formula is C19H23F2N3O. The Bertz CT molecular complexity index is 751. The second-order valence-corrected chi connectivity index (χ2v) is 6.53. The van der Waals surface area contributed by atoms with Crippen molar-refractivity contribution in [3.05, 3.63) is 52.6 Å². The maximum atomic E-state index is 12.4. The van der Waals surface area contributed by atoms with E-state index in [9.17, 15) is 8.78 Å². The molecule has 1 aliphatic rings. The highest BCUT2D eigenvalue weighted by Gasteiger charge is 2.23. The quantitative estimate of drug-likeness (QED) is 0.869. The molecule has 0 fully saturated rings. The lowest BCUT2D eigenvalue weighted by molar-refractivity contribution is -0.0499. The van der Waals surface area contributed by atoms with Gasteiger partial charge in [-0.2, -0.15) is 8.78 Å². The topological polar surface area (TPSA) is 47.0 Å². The van der Waals surface area contributed by atoms with Crippen LogP contribution in [-0.2, 0) is 6.42 Å². The lowest BCUT2D eigenvalue weighted by Gasteiger charge is -2.30. The van der Waals surface area contributed by atoms with E-state index in [-0.39, 0.29) is 17.8 Å². The zero-order valence-electron chi connectivity index (χ0n) is 14.7. The van der Waals surface area contributed by atoms with Crippen LogP contribution in [-0.4, -0.2) is 16.6 Å². The molecule has 1 N–H and O–H groups in total. The molecule has 2 aromatic rings. The largest absolute Gasteiger partial charge is 0.435 e. The molecule has 134 valence electrons. The first kappa shape index (κ1) is 17.7. The van der Waals surface area contributed by atoms with E-state index >= 15 is 0 Å². The normalized spacial score (nSPS) is 18.1. The maximum absolute atomic E-state index is 12.4. The molecule has 2 atom stereocenters. The maximum Gasteiger partial charge on any atom is 0.387 e. The Hall–Kier alpha value is -2.08. The molecule has 0 spiro atoms. The molecule has 4 nitrogen and oxygen atoms in total. The van der Waals surface area contributed by atoms with Crippen molar-refractivity contribution in [2.45, 2.75) is 58.7 Å². The molecule has 6 heteroatoms. The predicted molar refractivity (Wildman–Crippen MR) is 91.8 cm³/mol. The van der Waals surface area contributed by atoms with Gasteiger partial charge in [0.1, 0.15) is 11.6 Å². The second-order valence-electron chi connectivity index (χ2n) is 6.53. The van der Waals surface area contributed by atoms with Crippen molar-refractivity contribution in [2.75, 3.05) is 0 Å². The van der Waals surface area contributed by atoms with Crippen LogP contribution in [0.4, 0.5) is 8.78 Å². The standard InChI is InChI=1S/C19H23F2N3O/c1-11-17(10-22-13(3)23-11)12(2)24-18-6-4-5-14-9-15(25-19(20)21)7-8-16(14)18/h7-10,12,18-19,24H,4-6H2,1-3H3/t12-,18-/m0/s1. The third kappa shape index (κ3) is 4.12. The summed E-state index contributed by atoms with van der Waals surface area (Å²) >= 11 is 0. The van der Waals surface area contributed by atoms with E-state index in [0.717, 1.165) is 47.5 Å². The van der Waals surface area contributed by atoms with Crippen molar-refractivity contribution in [3.8, 4) is 5.75 Å². The number of rotatable bonds is 5. The molecule has 0 saturated carbocycles. The molecule has 0 bridgehead atoms. The molecule has 0 saturated heterocycles. The Labute approximate surface area is 146 Å². The SMILES string of the molecule is Cc1ncc([C@H](C)N[C@H]2CCCc3cc(OC(F)F)ccc32)c(C)n1. The molecule has 1 heterocycles. The fourth-order valence-electron chi connectivity index (χ4n) is 3.55. The van der Waals surface area contributed by atoms with Gasteiger partial charge in [-0.15, -0.1) is 0 Å². The van der Waals surface area contributed by atoms with Gasteiger partial charge in [0.15, 0.2) is 0 Å². The van der Waals surface area contributed by atoms with Gasteiger partial charge in [0.25, 0.3) is 0 Å². The first-order valence-corrected chi connectivity index (χ1v) is 8.58. The Balaban J connectivity index is 1.78. The van der Waals surface area contributed by atoms with Gasteiger partial charge in [0.05, 0.1) is 0 Å². The molecule has 1 aromatic heterocycles. The highest BCUT2D eigenvalue weighted by Crippen LogP contribution is 2.34. The van der Waals surface area contributed by atoms with Gasteiger partial charge in [-0.05, 0) is 63.3 Å². The summed E-state index contributed by atoms with van der Waals surface area (Å²) in [5.74, 6) is 0.994. The molecule has 3 rings (SSSR count). The van der Waals surface area contributed by atoms with E-state index in [4.69, 9.17) is 0 Å². The average Bonchev–Trinajstić information content (AvgIpc) is 2.54. The number of halogens is 2. The number of hydrogen-bond donors (Lipinski definition) is 1. The summed E-state index contributed by atoms with van der Waals surface area (Å²) in [6.45, 7) is 3.18. The zero-order valence-corrected chi connectivity index (χ0v) is 14.7. The number of nitrogens with zero attached hydrogens (tertiary/aromatic N) is 2. The van der Waals surface area contributed by atoms with Gasteiger partial charge in [-0.1, -0.05) is 6.07 Å².